The van der Waals surface area contributed by atoms with E-state index in [-0.39, 0.29) is 16.5 Å². The number of sulfonamides is 1. The molecule has 1 aliphatic heterocycles. The van der Waals surface area contributed by atoms with Crippen LogP contribution >= 0.6 is 11.6 Å². The van der Waals surface area contributed by atoms with Gasteiger partial charge in [0.25, 0.3) is 10.0 Å². The molecule has 10 heteroatoms. The average Bonchev–Trinajstić information content (AvgIpc) is 2.72. The highest BCUT2D eigenvalue weighted by Crippen LogP contribution is 2.38. The molecule has 1 heterocycles. The zero-order valence-corrected chi connectivity index (χ0v) is 19.3. The summed E-state index contributed by atoms with van der Waals surface area (Å²) in [4.78, 5) is 14.4. The minimum absolute atomic E-state index is 0.119. The van der Waals surface area contributed by atoms with Gasteiger partial charge in [0.2, 0.25) is 5.91 Å². The lowest BCUT2D eigenvalue weighted by Crippen LogP contribution is -2.46. The Labute approximate surface area is 190 Å². The van der Waals surface area contributed by atoms with Crippen molar-refractivity contribution in [1.82, 2.24) is 4.90 Å². The van der Waals surface area contributed by atoms with Crippen molar-refractivity contribution in [3.63, 3.8) is 0 Å². The van der Waals surface area contributed by atoms with E-state index in [1.165, 1.54) is 18.2 Å². The minimum atomic E-state index is -4.78. The van der Waals surface area contributed by atoms with Crippen molar-refractivity contribution in [3.8, 4) is 0 Å². The number of nitrogens with zero attached hydrogens (tertiary/aromatic N) is 2. The maximum absolute atomic E-state index is 13.4. The molecule has 0 unspecified atom stereocenters. The molecule has 2 aromatic rings. The Balaban J connectivity index is 2.05. The van der Waals surface area contributed by atoms with Crippen molar-refractivity contribution >= 4 is 33.2 Å². The Hall–Kier alpha value is -2.26. The number of carbonyl (C=O) groups is 1. The molecule has 1 atom stereocenters. The molecule has 5 nitrogen and oxygen atoms in total. The molecule has 174 valence electrons. The fourth-order valence-electron chi connectivity index (χ4n) is 3.68. The minimum Gasteiger partial charge on any atom is -0.341 e. The molecule has 0 bridgehead atoms. The largest absolute Gasteiger partial charge is 0.417 e. The van der Waals surface area contributed by atoms with Crippen LogP contribution in [0, 0.1) is 12.8 Å². The third-order valence-electron chi connectivity index (χ3n) is 5.44. The van der Waals surface area contributed by atoms with Crippen LogP contribution in [0.4, 0.5) is 18.9 Å². The van der Waals surface area contributed by atoms with Crippen LogP contribution in [0.1, 0.15) is 30.9 Å². The first-order valence-corrected chi connectivity index (χ1v) is 12.0. The van der Waals surface area contributed by atoms with Crippen LogP contribution in [0.15, 0.2) is 47.4 Å². The van der Waals surface area contributed by atoms with Gasteiger partial charge in [0.1, 0.15) is 6.54 Å². The first-order valence-electron chi connectivity index (χ1n) is 10.1. The molecule has 3 rings (SSSR count). The van der Waals surface area contributed by atoms with Crippen LogP contribution in [0.3, 0.4) is 0 Å². The first kappa shape index (κ1) is 24.4. The fourth-order valence-corrected chi connectivity index (χ4v) is 5.31. The Morgan fingerprint density at radius 1 is 1.19 bits per heavy atom. The van der Waals surface area contributed by atoms with Gasteiger partial charge in [-0.3, -0.25) is 9.10 Å². The molecule has 1 saturated heterocycles. The van der Waals surface area contributed by atoms with Gasteiger partial charge in [-0.15, -0.1) is 0 Å². The quantitative estimate of drug-likeness (QED) is 0.587. The molecule has 0 spiro atoms. The van der Waals surface area contributed by atoms with Crippen molar-refractivity contribution in [1.29, 1.82) is 0 Å². The second kappa shape index (κ2) is 9.31. The third kappa shape index (κ3) is 5.38. The van der Waals surface area contributed by atoms with Crippen LogP contribution in [0.5, 0.6) is 0 Å². The van der Waals surface area contributed by atoms with Crippen LogP contribution < -0.4 is 4.31 Å². The summed E-state index contributed by atoms with van der Waals surface area (Å²) in [5.41, 5.74) is -0.625. The summed E-state index contributed by atoms with van der Waals surface area (Å²) in [7, 11) is -4.32. The van der Waals surface area contributed by atoms with Crippen molar-refractivity contribution < 1.29 is 26.4 Å². The van der Waals surface area contributed by atoms with Crippen LogP contribution in [-0.4, -0.2) is 38.9 Å². The fraction of sp³-hybridized carbons (Fsp3) is 0.409. The van der Waals surface area contributed by atoms with Gasteiger partial charge in [-0.2, -0.15) is 13.2 Å². The van der Waals surface area contributed by atoms with Crippen LogP contribution in [0.25, 0.3) is 0 Å². The predicted molar refractivity (Wildman–Crippen MR) is 117 cm³/mol. The lowest BCUT2D eigenvalue weighted by atomic mass is 10.0. The number of hydrogen-bond acceptors (Lipinski definition) is 3. The number of carbonyl (C=O) groups excluding carboxylic acids is 1. The topological polar surface area (TPSA) is 57.7 Å². The van der Waals surface area contributed by atoms with Crippen molar-refractivity contribution in [2.24, 2.45) is 5.92 Å². The number of anilines is 1. The molecule has 0 aromatic heterocycles. The molecule has 0 saturated carbocycles. The Kier molecular flexibility index (Phi) is 7.09. The number of amides is 1. The van der Waals surface area contributed by atoms with Gasteiger partial charge in [-0.05, 0) is 56.0 Å². The van der Waals surface area contributed by atoms with E-state index in [4.69, 9.17) is 11.6 Å². The number of piperidine rings is 1. The highest BCUT2D eigenvalue weighted by atomic mass is 35.5. The second-order valence-electron chi connectivity index (χ2n) is 8.07. The van der Waals surface area contributed by atoms with Crippen LogP contribution in [0.2, 0.25) is 5.02 Å². The highest BCUT2D eigenvalue weighted by Gasteiger charge is 2.36. The molecule has 1 fully saturated rings. The first-order chi connectivity index (χ1) is 14.9. The summed E-state index contributed by atoms with van der Waals surface area (Å²) in [6.45, 7) is 4.13. The van der Waals surface area contributed by atoms with E-state index in [1.807, 2.05) is 6.92 Å². The monoisotopic (exact) mass is 488 g/mol. The van der Waals surface area contributed by atoms with Gasteiger partial charge in [0.15, 0.2) is 0 Å². The lowest BCUT2D eigenvalue weighted by Gasteiger charge is -2.33. The van der Waals surface area contributed by atoms with Crippen molar-refractivity contribution in [2.75, 3.05) is 23.9 Å². The molecule has 1 aliphatic rings. The van der Waals surface area contributed by atoms with Gasteiger partial charge in [-0.25, -0.2) is 8.42 Å². The van der Waals surface area contributed by atoms with Crippen molar-refractivity contribution in [3.05, 3.63) is 58.6 Å². The number of rotatable bonds is 5. The van der Waals surface area contributed by atoms with E-state index in [0.29, 0.717) is 19.2 Å². The number of halogens is 4. The molecule has 1 amide bonds. The molecule has 2 aromatic carbocycles. The van der Waals surface area contributed by atoms with E-state index in [1.54, 1.807) is 24.0 Å². The number of benzene rings is 2. The summed E-state index contributed by atoms with van der Waals surface area (Å²) in [5.74, 6) is -0.196. The normalized spacial score (nSPS) is 17.3. The van der Waals surface area contributed by atoms with E-state index in [9.17, 15) is 26.4 Å². The summed E-state index contributed by atoms with van der Waals surface area (Å²) >= 11 is 5.71. The highest BCUT2D eigenvalue weighted by molar-refractivity contribution is 7.92. The maximum atomic E-state index is 13.4. The average molecular weight is 489 g/mol. The summed E-state index contributed by atoms with van der Waals surface area (Å²) in [6, 6.07) is 8.74. The standard InChI is InChI=1S/C22H24ClF3N2O3S/c1-15-5-8-18(9-6-15)32(30,31)28(14-21(29)27-11-3-4-16(2)13-27)17-7-10-20(23)19(12-17)22(24,25)26/h5-10,12,16H,3-4,11,13-14H2,1-2H3/t16-/m0/s1. The second-order valence-corrected chi connectivity index (χ2v) is 10.3. The Morgan fingerprint density at radius 2 is 1.84 bits per heavy atom. The Morgan fingerprint density at radius 3 is 2.44 bits per heavy atom. The molecular weight excluding hydrogens is 465 g/mol. The summed E-state index contributed by atoms with van der Waals surface area (Å²) in [6.07, 6.45) is -3.03. The molecule has 32 heavy (non-hydrogen) atoms. The predicted octanol–water partition coefficient (Wildman–Crippen LogP) is 5.12. The van der Waals surface area contributed by atoms with E-state index >= 15 is 0 Å². The number of aryl methyl sites for hydroxylation is 1. The van der Waals surface area contributed by atoms with Gasteiger partial charge < -0.3 is 4.90 Å². The maximum Gasteiger partial charge on any atom is 0.417 e. The Bertz CT molecular complexity index is 1090. The van der Waals surface area contributed by atoms with E-state index in [2.05, 4.69) is 0 Å². The lowest BCUT2D eigenvalue weighted by molar-refractivity contribution is -0.137. The smallest absolute Gasteiger partial charge is 0.341 e. The third-order valence-corrected chi connectivity index (χ3v) is 7.56. The zero-order chi connectivity index (χ0) is 23.7. The summed E-state index contributed by atoms with van der Waals surface area (Å²) in [5, 5.41) is -0.551. The van der Waals surface area contributed by atoms with Gasteiger partial charge in [-0.1, -0.05) is 36.2 Å². The zero-order valence-electron chi connectivity index (χ0n) is 17.7. The SMILES string of the molecule is Cc1ccc(S(=O)(=O)N(CC(=O)N2CCC[C@H](C)C2)c2ccc(Cl)c(C(F)(F)F)c2)cc1. The van der Waals surface area contributed by atoms with E-state index < -0.39 is 39.2 Å². The molecule has 0 N–H and O–H groups in total. The molecule has 0 aliphatic carbocycles. The number of alkyl halides is 3. The van der Waals surface area contributed by atoms with E-state index in [0.717, 1.165) is 28.8 Å². The van der Waals surface area contributed by atoms with Gasteiger partial charge >= 0.3 is 6.18 Å². The number of hydrogen-bond donors (Lipinski definition) is 0. The molecular formula is C22H24ClF3N2O3S. The summed E-state index contributed by atoms with van der Waals surface area (Å²) < 4.78 is 67.8. The van der Waals surface area contributed by atoms with Gasteiger partial charge in [0.05, 0.1) is 21.2 Å². The van der Waals surface area contributed by atoms with Crippen LogP contribution in [-0.2, 0) is 21.0 Å². The van der Waals surface area contributed by atoms with Gasteiger partial charge in [0, 0.05) is 13.1 Å². The number of likely N-dealkylation sites (tertiary alicyclic amines) is 1. The van der Waals surface area contributed by atoms with Crippen molar-refractivity contribution in [2.45, 2.75) is 37.8 Å². The molecule has 0 radical (unpaired) electrons.